The van der Waals surface area contributed by atoms with Gasteiger partial charge in [0.05, 0.1) is 0 Å². The smallest absolute Gasteiger partial charge is 0.163 e. The van der Waals surface area contributed by atoms with Crippen molar-refractivity contribution in [3.63, 3.8) is 0 Å². The van der Waals surface area contributed by atoms with E-state index in [2.05, 4.69) is 10.3 Å². The molecule has 0 saturated heterocycles. The summed E-state index contributed by atoms with van der Waals surface area (Å²) in [6, 6.07) is 12.0. The first kappa shape index (κ1) is 15.1. The molecule has 0 spiro atoms. The molecule has 0 aliphatic carbocycles. The van der Waals surface area contributed by atoms with Gasteiger partial charge in [0.1, 0.15) is 41.3 Å². The van der Waals surface area contributed by atoms with Crippen LogP contribution in [0.25, 0.3) is 0 Å². The first-order chi connectivity index (χ1) is 10.8. The van der Waals surface area contributed by atoms with E-state index >= 15 is 0 Å². The van der Waals surface area contributed by atoms with Gasteiger partial charge in [0.25, 0.3) is 0 Å². The lowest BCUT2D eigenvalue weighted by Gasteiger charge is -2.07. The van der Waals surface area contributed by atoms with Crippen LogP contribution >= 0.6 is 11.3 Å². The number of nitrogens with zero attached hydrogens (tertiary/aromatic N) is 4. The monoisotopic (exact) mass is 307 g/mol. The summed E-state index contributed by atoms with van der Waals surface area (Å²) in [7, 11) is 0. The zero-order valence-corrected chi connectivity index (χ0v) is 12.1. The largest absolute Gasteiger partial charge is 0.486 e. The molecule has 2 rings (SSSR count). The highest BCUT2D eigenvalue weighted by atomic mass is 32.1. The van der Waals surface area contributed by atoms with Crippen LogP contribution in [0.4, 0.5) is 5.69 Å². The first-order valence-electron chi connectivity index (χ1n) is 6.09. The maximum atomic E-state index is 8.96. The van der Waals surface area contributed by atoms with E-state index in [9.17, 15) is 0 Å². The average molecular weight is 307 g/mol. The molecule has 2 aromatic rings. The van der Waals surface area contributed by atoms with E-state index in [1.54, 1.807) is 48.7 Å². The third-order valence-electron chi connectivity index (χ3n) is 2.55. The predicted octanol–water partition coefficient (Wildman–Crippen LogP) is 2.96. The molecule has 6 nitrogen and oxygen atoms in total. The van der Waals surface area contributed by atoms with Gasteiger partial charge in [0.15, 0.2) is 5.57 Å². The van der Waals surface area contributed by atoms with Gasteiger partial charge >= 0.3 is 0 Å². The Balaban J connectivity index is 2.03. The van der Waals surface area contributed by atoms with Gasteiger partial charge in [-0.2, -0.15) is 15.8 Å². The van der Waals surface area contributed by atoms with Crippen molar-refractivity contribution in [2.45, 2.75) is 6.61 Å². The standard InChI is InChI=1S/C15H9N5OS/c16-7-11(8-17)14(9-18)20-12-1-3-13(4-2-12)21-10-15-19-5-6-22-15/h1-6,20H,10H2. The van der Waals surface area contributed by atoms with Gasteiger partial charge in [-0.05, 0) is 24.3 Å². The first-order valence-corrected chi connectivity index (χ1v) is 6.97. The quantitative estimate of drug-likeness (QED) is 0.851. The second kappa shape index (κ2) is 7.44. The van der Waals surface area contributed by atoms with Crippen molar-refractivity contribution in [1.82, 2.24) is 4.98 Å². The van der Waals surface area contributed by atoms with Crippen LogP contribution in [-0.4, -0.2) is 4.98 Å². The highest BCUT2D eigenvalue weighted by Gasteiger charge is 2.06. The minimum atomic E-state index is -0.258. The Bertz CT molecular complexity index is 772. The average Bonchev–Trinajstić information content (AvgIpc) is 3.07. The predicted molar refractivity (Wildman–Crippen MR) is 80.4 cm³/mol. The molecule has 0 aliphatic heterocycles. The van der Waals surface area contributed by atoms with Gasteiger partial charge in [0, 0.05) is 17.3 Å². The Kier molecular flexibility index (Phi) is 5.09. The van der Waals surface area contributed by atoms with Crippen LogP contribution in [0.1, 0.15) is 5.01 Å². The molecule has 106 valence electrons. The lowest BCUT2D eigenvalue weighted by molar-refractivity contribution is 0.305. The lowest BCUT2D eigenvalue weighted by Crippen LogP contribution is -2.00. The van der Waals surface area contributed by atoms with E-state index in [0.29, 0.717) is 18.0 Å². The van der Waals surface area contributed by atoms with Gasteiger partial charge in [-0.15, -0.1) is 11.3 Å². The fourth-order valence-corrected chi connectivity index (χ4v) is 2.06. The number of thiazole rings is 1. The van der Waals surface area contributed by atoms with Crippen molar-refractivity contribution in [3.05, 3.63) is 52.1 Å². The van der Waals surface area contributed by atoms with E-state index in [1.807, 2.05) is 5.38 Å². The Morgan fingerprint density at radius 1 is 1.14 bits per heavy atom. The molecule has 1 N–H and O–H groups in total. The summed E-state index contributed by atoms with van der Waals surface area (Å²) in [4.78, 5) is 4.12. The molecule has 0 bridgehead atoms. The van der Waals surface area contributed by atoms with Gasteiger partial charge in [-0.25, -0.2) is 4.98 Å². The van der Waals surface area contributed by atoms with Crippen molar-refractivity contribution < 1.29 is 4.74 Å². The molecular weight excluding hydrogens is 298 g/mol. The Labute approximate surface area is 131 Å². The summed E-state index contributed by atoms with van der Waals surface area (Å²) >= 11 is 1.51. The number of ether oxygens (including phenoxy) is 1. The van der Waals surface area contributed by atoms with Gasteiger partial charge in [-0.1, -0.05) is 0 Å². The maximum absolute atomic E-state index is 8.96. The zero-order chi connectivity index (χ0) is 15.8. The highest BCUT2D eigenvalue weighted by molar-refractivity contribution is 7.09. The molecule has 7 heteroatoms. The fourth-order valence-electron chi connectivity index (χ4n) is 1.53. The summed E-state index contributed by atoms with van der Waals surface area (Å²) < 4.78 is 5.56. The summed E-state index contributed by atoms with van der Waals surface area (Å²) in [5.74, 6) is 0.657. The number of nitrogens with one attached hydrogen (secondary N) is 1. The molecule has 0 amide bonds. The normalized spacial score (nSPS) is 8.95. The molecule has 1 aromatic carbocycles. The SMILES string of the molecule is N#CC(C#N)=C(C#N)Nc1ccc(OCc2nccs2)cc1. The maximum Gasteiger partial charge on any atom is 0.163 e. The number of anilines is 1. The summed E-state index contributed by atoms with van der Waals surface area (Å²) in [5.41, 5.74) is 0.245. The van der Waals surface area contributed by atoms with Crippen LogP contribution in [0.3, 0.4) is 0 Å². The Morgan fingerprint density at radius 2 is 1.86 bits per heavy atom. The molecule has 0 saturated carbocycles. The topological polar surface area (TPSA) is 106 Å². The van der Waals surface area contributed by atoms with Crippen LogP contribution in [0.2, 0.25) is 0 Å². The number of hydrogen-bond acceptors (Lipinski definition) is 7. The molecular formula is C15H9N5OS. The van der Waals surface area contributed by atoms with E-state index < -0.39 is 0 Å². The molecule has 1 aromatic heterocycles. The molecule has 0 atom stereocenters. The van der Waals surface area contributed by atoms with Crippen LogP contribution in [0.5, 0.6) is 5.75 Å². The second-order valence-corrected chi connectivity index (χ2v) is 4.93. The van der Waals surface area contributed by atoms with E-state index in [0.717, 1.165) is 5.01 Å². The number of aromatic nitrogens is 1. The van der Waals surface area contributed by atoms with Crippen LogP contribution in [0.15, 0.2) is 47.1 Å². The number of allylic oxidation sites excluding steroid dienone is 2. The Hall–Kier alpha value is -3.34. The molecule has 0 radical (unpaired) electrons. The van der Waals surface area contributed by atoms with Crippen LogP contribution in [-0.2, 0) is 6.61 Å². The molecule has 0 fully saturated rings. The van der Waals surface area contributed by atoms with E-state index in [-0.39, 0.29) is 11.3 Å². The highest BCUT2D eigenvalue weighted by Crippen LogP contribution is 2.19. The van der Waals surface area contributed by atoms with Crippen molar-refractivity contribution in [2.24, 2.45) is 0 Å². The zero-order valence-electron chi connectivity index (χ0n) is 11.3. The van der Waals surface area contributed by atoms with E-state index in [1.165, 1.54) is 11.3 Å². The minimum absolute atomic E-state index is 0.0820. The van der Waals surface area contributed by atoms with Crippen LogP contribution < -0.4 is 10.1 Å². The molecule has 0 unspecified atom stereocenters. The van der Waals surface area contributed by atoms with Crippen LogP contribution in [0, 0.1) is 34.0 Å². The fraction of sp³-hybridized carbons (Fsp3) is 0.0667. The van der Waals surface area contributed by atoms with Gasteiger partial charge < -0.3 is 10.1 Å². The third-order valence-corrected chi connectivity index (χ3v) is 3.31. The Morgan fingerprint density at radius 3 is 2.41 bits per heavy atom. The molecule has 1 heterocycles. The second-order valence-electron chi connectivity index (χ2n) is 3.95. The van der Waals surface area contributed by atoms with E-state index in [4.69, 9.17) is 20.5 Å². The minimum Gasteiger partial charge on any atom is -0.486 e. The molecule has 0 aliphatic rings. The number of benzene rings is 1. The molecule has 22 heavy (non-hydrogen) atoms. The van der Waals surface area contributed by atoms with Crippen molar-refractivity contribution >= 4 is 17.0 Å². The summed E-state index contributed by atoms with van der Waals surface area (Å²) in [5, 5.41) is 32.0. The van der Waals surface area contributed by atoms with Crippen molar-refractivity contribution in [1.29, 1.82) is 15.8 Å². The third kappa shape index (κ3) is 3.83. The van der Waals surface area contributed by atoms with Crippen molar-refractivity contribution in [3.8, 4) is 24.0 Å². The van der Waals surface area contributed by atoms with Gasteiger partial charge in [-0.3, -0.25) is 0 Å². The van der Waals surface area contributed by atoms with Gasteiger partial charge in [0.2, 0.25) is 0 Å². The number of rotatable bonds is 5. The van der Waals surface area contributed by atoms with Crippen molar-refractivity contribution in [2.75, 3.05) is 5.32 Å². The number of nitriles is 3. The number of hydrogen-bond donors (Lipinski definition) is 1. The lowest BCUT2D eigenvalue weighted by atomic mass is 10.2. The summed E-state index contributed by atoms with van der Waals surface area (Å²) in [6.45, 7) is 0.390. The summed E-state index contributed by atoms with van der Waals surface area (Å²) in [6.07, 6.45) is 1.72.